The lowest BCUT2D eigenvalue weighted by atomic mass is 10.4. The molecule has 0 aliphatic rings. The zero-order valence-corrected chi connectivity index (χ0v) is 5.86. The van der Waals surface area contributed by atoms with E-state index >= 15 is 0 Å². The maximum absolute atomic E-state index is 3.82. The summed E-state index contributed by atoms with van der Waals surface area (Å²) in [4.78, 5) is 1.28. The fourth-order valence-corrected chi connectivity index (χ4v) is 0.368. The summed E-state index contributed by atoms with van der Waals surface area (Å²) in [5.41, 5.74) is 1.12. The topological polar surface area (TPSA) is 4.44 Å². The Balaban J connectivity index is 3.66. The van der Waals surface area contributed by atoms with Crippen LogP contribution in [0.1, 0.15) is 6.92 Å². The summed E-state index contributed by atoms with van der Waals surface area (Å²) in [6.07, 6.45) is 4.00. The van der Waals surface area contributed by atoms with E-state index in [1.807, 2.05) is 19.1 Å². The summed E-state index contributed by atoms with van der Waals surface area (Å²) < 4.78 is 0. The van der Waals surface area contributed by atoms with Crippen molar-refractivity contribution in [3.05, 3.63) is 24.4 Å². The fraction of sp³-hybridized carbons (Fsp3) is 0.429. The van der Waals surface area contributed by atoms with Crippen molar-refractivity contribution in [1.29, 1.82) is 0 Å². The van der Waals surface area contributed by atoms with Gasteiger partial charge in [0.1, 0.15) is 5.70 Å². The maximum Gasteiger partial charge on any atom is 0.123 e. The molecular formula is C7H14N+. The van der Waals surface area contributed by atoms with Crippen LogP contribution >= 0.6 is 0 Å². The highest BCUT2D eigenvalue weighted by Crippen LogP contribution is 1.76. The number of rotatable bonds is 2. The Kier molecular flexibility index (Phi) is 3.20. The molecule has 0 heterocycles. The van der Waals surface area contributed by atoms with Gasteiger partial charge in [-0.15, -0.1) is 0 Å². The van der Waals surface area contributed by atoms with Crippen molar-refractivity contribution >= 4 is 0 Å². The maximum atomic E-state index is 3.82. The van der Waals surface area contributed by atoms with Gasteiger partial charge in [0.25, 0.3) is 0 Å². The van der Waals surface area contributed by atoms with E-state index in [9.17, 15) is 0 Å². The van der Waals surface area contributed by atoms with Crippen LogP contribution in [0, 0.1) is 0 Å². The van der Waals surface area contributed by atoms with E-state index in [1.165, 1.54) is 4.90 Å². The summed E-state index contributed by atoms with van der Waals surface area (Å²) in [5, 5.41) is 0. The highest BCUT2D eigenvalue weighted by molar-refractivity contribution is 5.03. The molecule has 0 aromatic heterocycles. The predicted octanol–water partition coefficient (Wildman–Crippen LogP) is 0.221. The lowest BCUT2D eigenvalue weighted by Gasteiger charge is -2.03. The van der Waals surface area contributed by atoms with Gasteiger partial charge in [-0.25, -0.2) is 0 Å². The molecule has 0 bridgehead atoms. The monoisotopic (exact) mass is 112 g/mol. The van der Waals surface area contributed by atoms with Crippen molar-refractivity contribution in [2.45, 2.75) is 6.92 Å². The van der Waals surface area contributed by atoms with Crippen LogP contribution in [0.4, 0.5) is 0 Å². The SMILES string of the molecule is C=C(/C=C\C)[NH+](C)C. The number of allylic oxidation sites excluding steroid dienone is 2. The van der Waals surface area contributed by atoms with E-state index in [1.54, 1.807) is 0 Å². The number of quaternary nitrogens is 1. The summed E-state index contributed by atoms with van der Waals surface area (Å²) >= 11 is 0. The van der Waals surface area contributed by atoms with Gasteiger partial charge in [-0.05, 0) is 19.6 Å². The predicted molar refractivity (Wildman–Crippen MR) is 36.8 cm³/mol. The lowest BCUT2D eigenvalue weighted by Crippen LogP contribution is -3.03. The van der Waals surface area contributed by atoms with Crippen molar-refractivity contribution in [3.8, 4) is 0 Å². The molecule has 1 heteroatoms. The molecule has 0 radical (unpaired) electrons. The van der Waals surface area contributed by atoms with E-state index in [-0.39, 0.29) is 0 Å². The Morgan fingerprint density at radius 1 is 1.50 bits per heavy atom. The fourth-order valence-electron chi connectivity index (χ4n) is 0.368. The van der Waals surface area contributed by atoms with Crippen LogP contribution in [0.3, 0.4) is 0 Å². The van der Waals surface area contributed by atoms with E-state index in [4.69, 9.17) is 0 Å². The Hall–Kier alpha value is -0.560. The van der Waals surface area contributed by atoms with Gasteiger partial charge in [0.15, 0.2) is 0 Å². The molecule has 0 spiro atoms. The van der Waals surface area contributed by atoms with Crippen molar-refractivity contribution in [1.82, 2.24) is 0 Å². The number of nitrogens with one attached hydrogen (secondary N) is 1. The molecule has 0 aromatic rings. The third kappa shape index (κ3) is 2.59. The van der Waals surface area contributed by atoms with E-state index in [2.05, 4.69) is 20.7 Å². The molecule has 46 valence electrons. The molecule has 0 fully saturated rings. The van der Waals surface area contributed by atoms with E-state index in [0.29, 0.717) is 0 Å². The molecular weight excluding hydrogens is 98.1 g/mol. The molecule has 0 aromatic carbocycles. The summed E-state index contributed by atoms with van der Waals surface area (Å²) in [6, 6.07) is 0. The molecule has 0 amide bonds. The van der Waals surface area contributed by atoms with Crippen LogP contribution < -0.4 is 4.90 Å². The van der Waals surface area contributed by atoms with Gasteiger partial charge in [0.2, 0.25) is 0 Å². The second kappa shape index (κ2) is 3.44. The summed E-state index contributed by atoms with van der Waals surface area (Å²) in [6.45, 7) is 5.81. The van der Waals surface area contributed by atoms with Crippen LogP contribution in [0.5, 0.6) is 0 Å². The van der Waals surface area contributed by atoms with Gasteiger partial charge < -0.3 is 4.90 Å². The minimum Gasteiger partial charge on any atom is -0.308 e. The number of likely N-dealkylation sites (N-methyl/N-ethyl adjacent to an activating group) is 1. The van der Waals surface area contributed by atoms with Crippen LogP contribution in [0.25, 0.3) is 0 Å². The minimum atomic E-state index is 1.12. The number of hydrogen-bond donors (Lipinski definition) is 1. The Morgan fingerprint density at radius 2 is 2.00 bits per heavy atom. The third-order valence-electron chi connectivity index (χ3n) is 1.01. The zero-order chi connectivity index (χ0) is 6.57. The van der Waals surface area contributed by atoms with Gasteiger partial charge in [0, 0.05) is 0 Å². The van der Waals surface area contributed by atoms with Crippen molar-refractivity contribution in [2.75, 3.05) is 14.1 Å². The van der Waals surface area contributed by atoms with Gasteiger partial charge in [-0.3, -0.25) is 0 Å². The highest BCUT2D eigenvalue weighted by Gasteiger charge is 1.91. The van der Waals surface area contributed by atoms with E-state index in [0.717, 1.165) is 5.70 Å². The molecule has 8 heavy (non-hydrogen) atoms. The summed E-state index contributed by atoms with van der Waals surface area (Å²) in [7, 11) is 4.12. The van der Waals surface area contributed by atoms with E-state index < -0.39 is 0 Å². The first kappa shape index (κ1) is 7.44. The number of hydrogen-bond acceptors (Lipinski definition) is 0. The van der Waals surface area contributed by atoms with Gasteiger partial charge in [-0.1, -0.05) is 6.08 Å². The first-order chi connectivity index (χ1) is 3.68. The molecule has 0 rings (SSSR count). The molecule has 0 saturated carbocycles. The molecule has 0 atom stereocenters. The standard InChI is InChI=1S/C7H13N/c1-5-6-7(2)8(3)4/h5-6H,2H2,1,3-4H3/p+1/b6-5-. The van der Waals surface area contributed by atoms with Gasteiger partial charge in [-0.2, -0.15) is 0 Å². The second-order valence-corrected chi connectivity index (χ2v) is 2.03. The van der Waals surface area contributed by atoms with Crippen molar-refractivity contribution < 1.29 is 4.90 Å². The van der Waals surface area contributed by atoms with Crippen LogP contribution in [-0.4, -0.2) is 14.1 Å². The van der Waals surface area contributed by atoms with Crippen LogP contribution in [0.15, 0.2) is 24.4 Å². The third-order valence-corrected chi connectivity index (χ3v) is 1.01. The Bertz CT molecular complexity index is 101. The van der Waals surface area contributed by atoms with Gasteiger partial charge in [0.05, 0.1) is 14.1 Å². The first-order valence-corrected chi connectivity index (χ1v) is 2.80. The molecule has 1 nitrogen and oxygen atoms in total. The molecule has 1 N–H and O–H groups in total. The second-order valence-electron chi connectivity index (χ2n) is 2.03. The molecule has 0 aliphatic heterocycles. The zero-order valence-electron chi connectivity index (χ0n) is 5.86. The van der Waals surface area contributed by atoms with Crippen molar-refractivity contribution in [3.63, 3.8) is 0 Å². The first-order valence-electron chi connectivity index (χ1n) is 2.80. The Morgan fingerprint density at radius 3 is 2.12 bits per heavy atom. The van der Waals surface area contributed by atoms with Gasteiger partial charge >= 0.3 is 0 Å². The quantitative estimate of drug-likeness (QED) is 0.487. The van der Waals surface area contributed by atoms with Crippen molar-refractivity contribution in [2.24, 2.45) is 0 Å². The Labute approximate surface area is 51.3 Å². The molecule has 0 unspecified atom stereocenters. The minimum absolute atomic E-state index is 1.12. The smallest absolute Gasteiger partial charge is 0.123 e. The lowest BCUT2D eigenvalue weighted by molar-refractivity contribution is -0.812. The normalized spacial score (nSPS) is 11.0. The largest absolute Gasteiger partial charge is 0.308 e. The highest BCUT2D eigenvalue weighted by atomic mass is 15.1. The van der Waals surface area contributed by atoms with Crippen LogP contribution in [-0.2, 0) is 0 Å². The molecule has 0 aliphatic carbocycles. The summed E-state index contributed by atoms with van der Waals surface area (Å²) in [5.74, 6) is 0. The average Bonchev–Trinajstić information content (AvgIpc) is 1.67. The average molecular weight is 112 g/mol. The van der Waals surface area contributed by atoms with Crippen LogP contribution in [0.2, 0.25) is 0 Å². The molecule has 0 saturated heterocycles.